The molecule has 2 heterocycles. The van der Waals surface area contributed by atoms with Crippen LogP contribution in [0.4, 0.5) is 0 Å². The summed E-state index contributed by atoms with van der Waals surface area (Å²) in [4.78, 5) is 16.0. The van der Waals surface area contributed by atoms with Gasteiger partial charge in [0.1, 0.15) is 12.1 Å². The molecule has 0 radical (unpaired) electrons. The third-order valence-corrected chi connectivity index (χ3v) is 4.97. The van der Waals surface area contributed by atoms with Gasteiger partial charge in [0.05, 0.1) is 26.2 Å². The number of rotatable bonds is 3. The van der Waals surface area contributed by atoms with Crippen LogP contribution in [0.1, 0.15) is 16.1 Å². The highest BCUT2D eigenvalue weighted by Crippen LogP contribution is 2.20. The predicted octanol–water partition coefficient (Wildman–Crippen LogP) is 2.63. The highest BCUT2D eigenvalue weighted by molar-refractivity contribution is 6.30. The van der Waals surface area contributed by atoms with E-state index >= 15 is 0 Å². The first-order valence-electron chi connectivity index (χ1n) is 8.55. The number of benzene rings is 2. The number of carbonyl (C=O) groups is 1. The van der Waals surface area contributed by atoms with E-state index in [4.69, 9.17) is 16.0 Å². The number of hydrogen-bond acceptors (Lipinski definition) is 2. The molecule has 1 saturated heterocycles. The molecular weight excluding hydrogens is 336 g/mol. The van der Waals surface area contributed by atoms with Gasteiger partial charge >= 0.3 is 0 Å². The van der Waals surface area contributed by atoms with Crippen molar-refractivity contribution in [2.45, 2.75) is 6.54 Å². The minimum atomic E-state index is -0.0157. The summed E-state index contributed by atoms with van der Waals surface area (Å²) in [5.41, 5.74) is 2.00. The molecule has 0 spiro atoms. The molecule has 5 heteroatoms. The number of fused-ring (bicyclic) bond motifs is 1. The Bertz CT molecular complexity index is 864. The number of halogens is 1. The lowest BCUT2D eigenvalue weighted by atomic mass is 10.2. The van der Waals surface area contributed by atoms with Crippen molar-refractivity contribution in [1.29, 1.82) is 0 Å². The van der Waals surface area contributed by atoms with Gasteiger partial charge in [0.15, 0.2) is 5.76 Å². The minimum absolute atomic E-state index is 0.0157. The standard InChI is InChI=1S/C20H19ClN2O2/c21-17-6-3-4-15(12-17)14-22-8-10-23(11-9-22)20(24)19-13-16-5-1-2-7-18(16)25-19/h1-7,12-13H,8-11,14H2/p+1. The summed E-state index contributed by atoms with van der Waals surface area (Å²) >= 11 is 6.06. The molecule has 1 aliphatic rings. The first kappa shape index (κ1) is 16.2. The molecule has 0 unspecified atom stereocenters. The van der Waals surface area contributed by atoms with E-state index < -0.39 is 0 Å². The third kappa shape index (κ3) is 3.55. The van der Waals surface area contributed by atoms with Crippen molar-refractivity contribution < 1.29 is 14.1 Å². The van der Waals surface area contributed by atoms with Crippen LogP contribution >= 0.6 is 11.6 Å². The van der Waals surface area contributed by atoms with Crippen molar-refractivity contribution in [3.63, 3.8) is 0 Å². The van der Waals surface area contributed by atoms with Crippen molar-refractivity contribution in [3.05, 3.63) is 70.9 Å². The van der Waals surface area contributed by atoms with E-state index in [2.05, 4.69) is 6.07 Å². The zero-order valence-corrected chi connectivity index (χ0v) is 14.6. The fourth-order valence-electron chi connectivity index (χ4n) is 3.38. The monoisotopic (exact) mass is 355 g/mol. The van der Waals surface area contributed by atoms with E-state index in [9.17, 15) is 4.79 Å². The molecule has 1 aliphatic heterocycles. The van der Waals surface area contributed by atoms with Gasteiger partial charge in [0.25, 0.3) is 5.91 Å². The second-order valence-electron chi connectivity index (χ2n) is 6.50. The molecule has 2 aromatic carbocycles. The number of amides is 1. The average molecular weight is 356 g/mol. The molecule has 0 atom stereocenters. The van der Waals surface area contributed by atoms with Crippen LogP contribution in [0.2, 0.25) is 5.02 Å². The predicted molar refractivity (Wildman–Crippen MR) is 98.0 cm³/mol. The second-order valence-corrected chi connectivity index (χ2v) is 6.93. The molecular formula is C20H20ClN2O2+. The molecule has 0 bridgehead atoms. The van der Waals surface area contributed by atoms with E-state index in [-0.39, 0.29) is 5.91 Å². The number of nitrogens with one attached hydrogen (secondary N) is 1. The smallest absolute Gasteiger partial charge is 0.290 e. The Kier molecular flexibility index (Phi) is 4.47. The normalized spacial score (nSPS) is 15.6. The maximum absolute atomic E-state index is 12.7. The Hall–Kier alpha value is -2.30. The Morgan fingerprint density at radius 2 is 1.88 bits per heavy atom. The molecule has 128 valence electrons. The number of para-hydroxylation sites is 1. The molecule has 1 amide bonds. The molecule has 1 fully saturated rings. The summed E-state index contributed by atoms with van der Waals surface area (Å²) < 4.78 is 5.71. The number of nitrogens with zero attached hydrogens (tertiary/aromatic N) is 1. The average Bonchev–Trinajstić information content (AvgIpc) is 3.06. The fraction of sp³-hybridized carbons (Fsp3) is 0.250. The number of carbonyl (C=O) groups excluding carboxylic acids is 1. The zero-order valence-electron chi connectivity index (χ0n) is 13.9. The minimum Gasteiger partial charge on any atom is -0.451 e. The topological polar surface area (TPSA) is 37.9 Å². The molecule has 0 saturated carbocycles. The maximum Gasteiger partial charge on any atom is 0.290 e. The van der Waals surface area contributed by atoms with Crippen LogP contribution < -0.4 is 4.90 Å². The summed E-state index contributed by atoms with van der Waals surface area (Å²) in [5.74, 6) is 0.414. The van der Waals surface area contributed by atoms with E-state index in [1.54, 1.807) is 0 Å². The molecule has 25 heavy (non-hydrogen) atoms. The Labute approximate surface area is 151 Å². The zero-order chi connectivity index (χ0) is 17.2. The molecule has 1 N–H and O–H groups in total. The summed E-state index contributed by atoms with van der Waals surface area (Å²) in [7, 11) is 0. The molecule has 4 rings (SSSR count). The van der Waals surface area contributed by atoms with Crippen LogP contribution in [0.3, 0.4) is 0 Å². The van der Waals surface area contributed by atoms with Gasteiger partial charge in [-0.05, 0) is 24.3 Å². The summed E-state index contributed by atoms with van der Waals surface area (Å²) in [6, 6.07) is 17.5. The number of quaternary nitrogens is 1. The quantitative estimate of drug-likeness (QED) is 0.784. The van der Waals surface area contributed by atoms with Crippen molar-refractivity contribution in [2.24, 2.45) is 0 Å². The number of furan rings is 1. The largest absolute Gasteiger partial charge is 0.451 e. The Balaban J connectivity index is 1.38. The van der Waals surface area contributed by atoms with E-state index in [1.807, 2.05) is 53.4 Å². The van der Waals surface area contributed by atoms with Gasteiger partial charge in [-0.25, -0.2) is 0 Å². The van der Waals surface area contributed by atoms with Gasteiger partial charge in [-0.1, -0.05) is 41.9 Å². The number of piperazine rings is 1. The van der Waals surface area contributed by atoms with Gasteiger partial charge in [0, 0.05) is 16.0 Å². The summed E-state index contributed by atoms with van der Waals surface area (Å²) in [6.07, 6.45) is 0. The van der Waals surface area contributed by atoms with Crippen LogP contribution in [0.5, 0.6) is 0 Å². The van der Waals surface area contributed by atoms with Gasteiger partial charge in [-0.15, -0.1) is 0 Å². The van der Waals surface area contributed by atoms with Crippen molar-refractivity contribution in [3.8, 4) is 0 Å². The molecule has 1 aromatic heterocycles. The summed E-state index contributed by atoms with van der Waals surface area (Å²) in [6.45, 7) is 4.28. The number of hydrogen-bond donors (Lipinski definition) is 1. The van der Waals surface area contributed by atoms with Crippen molar-refractivity contribution in [1.82, 2.24) is 4.90 Å². The first-order chi connectivity index (χ1) is 12.2. The summed E-state index contributed by atoms with van der Waals surface area (Å²) in [5, 5.41) is 1.74. The van der Waals surface area contributed by atoms with Gasteiger partial charge in [-0.2, -0.15) is 0 Å². The van der Waals surface area contributed by atoms with Crippen LogP contribution in [0.15, 0.2) is 59.0 Å². The molecule has 3 aromatic rings. The van der Waals surface area contributed by atoms with Gasteiger partial charge in [0.2, 0.25) is 0 Å². The lowest BCUT2D eigenvalue weighted by Gasteiger charge is -2.31. The van der Waals surface area contributed by atoms with Crippen LogP contribution in [-0.4, -0.2) is 37.0 Å². The van der Waals surface area contributed by atoms with E-state index in [0.717, 1.165) is 48.7 Å². The molecule has 4 nitrogen and oxygen atoms in total. The lowest BCUT2D eigenvalue weighted by Crippen LogP contribution is -3.13. The van der Waals surface area contributed by atoms with Crippen LogP contribution in [-0.2, 0) is 6.54 Å². The molecule has 0 aliphatic carbocycles. The fourth-order valence-corrected chi connectivity index (χ4v) is 3.59. The first-order valence-corrected chi connectivity index (χ1v) is 8.93. The maximum atomic E-state index is 12.7. The Morgan fingerprint density at radius 3 is 2.64 bits per heavy atom. The van der Waals surface area contributed by atoms with E-state index in [0.29, 0.717) is 5.76 Å². The highest BCUT2D eigenvalue weighted by Gasteiger charge is 2.26. The van der Waals surface area contributed by atoms with E-state index in [1.165, 1.54) is 10.5 Å². The SMILES string of the molecule is O=C(c1cc2ccccc2o1)N1CC[NH+](Cc2cccc(Cl)c2)CC1. The van der Waals surface area contributed by atoms with Gasteiger partial charge in [-0.3, -0.25) is 4.79 Å². The van der Waals surface area contributed by atoms with Crippen molar-refractivity contribution >= 4 is 28.5 Å². The Morgan fingerprint density at radius 1 is 1.08 bits per heavy atom. The van der Waals surface area contributed by atoms with Crippen molar-refractivity contribution in [2.75, 3.05) is 26.2 Å². The van der Waals surface area contributed by atoms with Gasteiger partial charge < -0.3 is 14.2 Å². The van der Waals surface area contributed by atoms with Crippen LogP contribution in [0, 0.1) is 0 Å². The highest BCUT2D eigenvalue weighted by atomic mass is 35.5. The lowest BCUT2D eigenvalue weighted by molar-refractivity contribution is -0.917. The van der Waals surface area contributed by atoms with Crippen LogP contribution in [0.25, 0.3) is 11.0 Å². The third-order valence-electron chi connectivity index (χ3n) is 4.74. The second kappa shape index (κ2) is 6.90.